The van der Waals surface area contributed by atoms with E-state index >= 15 is 0 Å². The van der Waals surface area contributed by atoms with Crippen molar-refractivity contribution in [3.63, 3.8) is 0 Å². The number of hydrogen-bond acceptors (Lipinski definition) is 1. The molecule has 1 rings (SSSR count). The Morgan fingerprint density at radius 2 is 2.10 bits per heavy atom. The number of rotatable bonds is 0. The predicted octanol–water partition coefficient (Wildman–Crippen LogP) is 2.21. The molecule has 0 spiro atoms. The summed E-state index contributed by atoms with van der Waals surface area (Å²) in [5, 5.41) is 0. The van der Waals surface area contributed by atoms with E-state index in [0.717, 1.165) is 12.1 Å². The monoisotopic (exact) mass is 137 g/mol. The van der Waals surface area contributed by atoms with Crippen LogP contribution in [0.25, 0.3) is 0 Å². The first-order valence-electron chi connectivity index (χ1n) is 3.66. The topological polar surface area (TPSA) is 26.0 Å². The van der Waals surface area contributed by atoms with Crippen molar-refractivity contribution in [2.45, 2.75) is 27.2 Å². The van der Waals surface area contributed by atoms with Crippen LogP contribution in [0, 0.1) is 5.41 Å². The van der Waals surface area contributed by atoms with Crippen molar-refractivity contribution in [3.05, 3.63) is 23.4 Å². The Bertz CT molecular complexity index is 197. The van der Waals surface area contributed by atoms with Crippen LogP contribution in [0.3, 0.4) is 0 Å². The van der Waals surface area contributed by atoms with Crippen molar-refractivity contribution < 1.29 is 0 Å². The Hall–Kier alpha value is -0.720. The van der Waals surface area contributed by atoms with Gasteiger partial charge in [0.05, 0.1) is 0 Å². The van der Waals surface area contributed by atoms with Crippen molar-refractivity contribution in [2.75, 3.05) is 0 Å². The van der Waals surface area contributed by atoms with Gasteiger partial charge in [0.25, 0.3) is 0 Å². The Balaban J connectivity index is 2.85. The van der Waals surface area contributed by atoms with Crippen LogP contribution in [0.5, 0.6) is 0 Å². The normalized spacial score (nSPS) is 23.5. The third-order valence-corrected chi connectivity index (χ3v) is 1.93. The Labute approximate surface area is 62.6 Å². The molecule has 0 aromatic heterocycles. The fourth-order valence-corrected chi connectivity index (χ4v) is 1.30. The third kappa shape index (κ3) is 1.41. The highest BCUT2D eigenvalue weighted by Crippen LogP contribution is 2.31. The molecule has 1 aliphatic carbocycles. The molecule has 0 fully saturated rings. The molecule has 2 N–H and O–H groups in total. The molecule has 1 heteroatoms. The quantitative estimate of drug-likeness (QED) is 0.544. The van der Waals surface area contributed by atoms with Crippen LogP contribution < -0.4 is 5.73 Å². The molecule has 0 bridgehead atoms. The molecule has 1 nitrogen and oxygen atoms in total. The minimum Gasteiger partial charge on any atom is -0.399 e. The summed E-state index contributed by atoms with van der Waals surface area (Å²) in [5.74, 6) is 0. The van der Waals surface area contributed by atoms with Crippen molar-refractivity contribution in [1.82, 2.24) is 0 Å². The fourth-order valence-electron chi connectivity index (χ4n) is 1.30. The standard InChI is InChI=1S/C9H15N/c1-7-6-9(2,3)5-4-8(7)10/h4-5H,6,10H2,1-3H3. The average molecular weight is 137 g/mol. The summed E-state index contributed by atoms with van der Waals surface area (Å²) in [5.41, 5.74) is 8.26. The van der Waals surface area contributed by atoms with Crippen LogP contribution >= 0.6 is 0 Å². The van der Waals surface area contributed by atoms with Crippen LogP contribution in [-0.4, -0.2) is 0 Å². The molecule has 0 aromatic carbocycles. The maximum absolute atomic E-state index is 5.69. The van der Waals surface area contributed by atoms with E-state index in [1.807, 2.05) is 6.08 Å². The molecular weight excluding hydrogens is 122 g/mol. The largest absolute Gasteiger partial charge is 0.399 e. The van der Waals surface area contributed by atoms with Crippen molar-refractivity contribution in [2.24, 2.45) is 11.1 Å². The number of allylic oxidation sites excluding steroid dienone is 3. The van der Waals surface area contributed by atoms with E-state index in [-0.39, 0.29) is 0 Å². The summed E-state index contributed by atoms with van der Waals surface area (Å²) < 4.78 is 0. The Morgan fingerprint density at radius 1 is 1.50 bits per heavy atom. The SMILES string of the molecule is CC1=C(N)C=CC(C)(C)C1. The first-order valence-corrected chi connectivity index (χ1v) is 3.66. The van der Waals surface area contributed by atoms with Gasteiger partial charge in [-0.25, -0.2) is 0 Å². The summed E-state index contributed by atoms with van der Waals surface area (Å²) >= 11 is 0. The van der Waals surface area contributed by atoms with Gasteiger partial charge in [-0.15, -0.1) is 0 Å². The fraction of sp³-hybridized carbons (Fsp3) is 0.556. The van der Waals surface area contributed by atoms with E-state index in [2.05, 4.69) is 26.8 Å². The van der Waals surface area contributed by atoms with Gasteiger partial charge in [-0.05, 0) is 30.4 Å². The zero-order valence-electron chi connectivity index (χ0n) is 6.94. The van der Waals surface area contributed by atoms with E-state index < -0.39 is 0 Å². The first kappa shape index (κ1) is 7.39. The van der Waals surface area contributed by atoms with E-state index in [9.17, 15) is 0 Å². The summed E-state index contributed by atoms with van der Waals surface area (Å²) in [6.45, 7) is 6.54. The van der Waals surface area contributed by atoms with Gasteiger partial charge in [0.2, 0.25) is 0 Å². The van der Waals surface area contributed by atoms with E-state index in [0.29, 0.717) is 5.41 Å². The van der Waals surface area contributed by atoms with Gasteiger partial charge in [0.15, 0.2) is 0 Å². The predicted molar refractivity (Wildman–Crippen MR) is 44.4 cm³/mol. The Kier molecular flexibility index (Phi) is 1.59. The van der Waals surface area contributed by atoms with E-state index in [4.69, 9.17) is 5.73 Å². The van der Waals surface area contributed by atoms with Crippen LogP contribution in [0.4, 0.5) is 0 Å². The van der Waals surface area contributed by atoms with Gasteiger partial charge in [-0.2, -0.15) is 0 Å². The Morgan fingerprint density at radius 3 is 2.50 bits per heavy atom. The summed E-state index contributed by atoms with van der Waals surface area (Å²) in [4.78, 5) is 0. The lowest BCUT2D eigenvalue weighted by molar-refractivity contribution is 0.467. The molecule has 0 radical (unpaired) electrons. The molecular formula is C9H15N. The highest BCUT2D eigenvalue weighted by molar-refractivity contribution is 5.28. The maximum atomic E-state index is 5.69. The number of hydrogen-bond donors (Lipinski definition) is 1. The van der Waals surface area contributed by atoms with Gasteiger partial charge in [0, 0.05) is 5.70 Å². The van der Waals surface area contributed by atoms with Gasteiger partial charge in [-0.1, -0.05) is 19.9 Å². The highest BCUT2D eigenvalue weighted by Gasteiger charge is 2.18. The van der Waals surface area contributed by atoms with E-state index in [1.165, 1.54) is 5.57 Å². The van der Waals surface area contributed by atoms with Gasteiger partial charge < -0.3 is 5.73 Å². The van der Waals surface area contributed by atoms with E-state index in [1.54, 1.807) is 0 Å². The van der Waals surface area contributed by atoms with Gasteiger partial charge in [0.1, 0.15) is 0 Å². The van der Waals surface area contributed by atoms with Crippen LogP contribution in [-0.2, 0) is 0 Å². The lowest BCUT2D eigenvalue weighted by Crippen LogP contribution is -2.15. The zero-order chi connectivity index (χ0) is 7.78. The van der Waals surface area contributed by atoms with Gasteiger partial charge >= 0.3 is 0 Å². The lowest BCUT2D eigenvalue weighted by atomic mass is 9.82. The molecule has 0 saturated heterocycles. The molecule has 0 atom stereocenters. The lowest BCUT2D eigenvalue weighted by Gasteiger charge is -2.25. The summed E-state index contributed by atoms with van der Waals surface area (Å²) in [6.07, 6.45) is 5.28. The minimum absolute atomic E-state index is 0.312. The molecule has 0 unspecified atom stereocenters. The van der Waals surface area contributed by atoms with Gasteiger partial charge in [-0.3, -0.25) is 0 Å². The smallest absolute Gasteiger partial charge is 0.0300 e. The summed E-state index contributed by atoms with van der Waals surface area (Å²) in [7, 11) is 0. The third-order valence-electron chi connectivity index (χ3n) is 1.93. The molecule has 10 heavy (non-hydrogen) atoms. The first-order chi connectivity index (χ1) is 4.51. The zero-order valence-corrected chi connectivity index (χ0v) is 6.94. The molecule has 0 heterocycles. The molecule has 0 saturated carbocycles. The van der Waals surface area contributed by atoms with Crippen molar-refractivity contribution >= 4 is 0 Å². The minimum atomic E-state index is 0.312. The second-order valence-corrected chi connectivity index (χ2v) is 3.73. The average Bonchev–Trinajstić information content (AvgIpc) is 1.79. The molecule has 0 aromatic rings. The maximum Gasteiger partial charge on any atom is 0.0300 e. The highest BCUT2D eigenvalue weighted by atomic mass is 14.6. The summed E-state index contributed by atoms with van der Waals surface area (Å²) in [6, 6.07) is 0. The second-order valence-electron chi connectivity index (χ2n) is 3.73. The van der Waals surface area contributed by atoms with Crippen molar-refractivity contribution in [1.29, 1.82) is 0 Å². The molecule has 1 aliphatic rings. The molecule has 56 valence electrons. The second kappa shape index (κ2) is 2.15. The molecule has 0 amide bonds. The van der Waals surface area contributed by atoms with Crippen molar-refractivity contribution in [3.8, 4) is 0 Å². The van der Waals surface area contributed by atoms with Crippen LogP contribution in [0.2, 0.25) is 0 Å². The van der Waals surface area contributed by atoms with Crippen LogP contribution in [0.1, 0.15) is 27.2 Å². The van der Waals surface area contributed by atoms with Crippen LogP contribution in [0.15, 0.2) is 23.4 Å². The number of nitrogens with two attached hydrogens (primary N) is 1. The molecule has 0 aliphatic heterocycles.